The van der Waals surface area contributed by atoms with Gasteiger partial charge in [-0.1, -0.05) is 0 Å². The van der Waals surface area contributed by atoms with Crippen LogP contribution >= 0.6 is 0 Å². The fourth-order valence-electron chi connectivity index (χ4n) is 3.92. The average molecular weight is 239 g/mol. The second kappa shape index (κ2) is 6.75. The van der Waals surface area contributed by atoms with Crippen molar-refractivity contribution in [3.63, 3.8) is 0 Å². The van der Waals surface area contributed by atoms with E-state index in [0.29, 0.717) is 0 Å². The van der Waals surface area contributed by atoms with Gasteiger partial charge in [-0.3, -0.25) is 0 Å². The van der Waals surface area contributed by atoms with Crippen molar-refractivity contribution in [2.24, 2.45) is 11.8 Å². The molecule has 0 bridgehead atoms. The molecule has 0 radical (unpaired) electrons. The van der Waals surface area contributed by atoms with Gasteiger partial charge in [0.15, 0.2) is 0 Å². The second-order valence-corrected chi connectivity index (χ2v) is 6.36. The van der Waals surface area contributed by atoms with E-state index in [9.17, 15) is 0 Å². The van der Waals surface area contributed by atoms with Gasteiger partial charge >= 0.3 is 0 Å². The summed E-state index contributed by atoms with van der Waals surface area (Å²) in [6.45, 7) is 0. The van der Waals surface area contributed by atoms with Crippen molar-refractivity contribution in [1.82, 2.24) is 5.32 Å². The number of quaternary nitrogens is 1. The van der Waals surface area contributed by atoms with Gasteiger partial charge in [-0.15, -0.1) is 0 Å². The maximum absolute atomic E-state index is 3.44. The SMILES string of the molecule is CNC1CCC(CC2CCC([NH2+]C)CC2)CC1. The summed E-state index contributed by atoms with van der Waals surface area (Å²) >= 11 is 0. The first-order chi connectivity index (χ1) is 8.31. The third-order valence-electron chi connectivity index (χ3n) is 5.28. The summed E-state index contributed by atoms with van der Waals surface area (Å²) in [6, 6.07) is 1.75. The standard InChI is InChI=1S/C15H30N2/c1-16-14-7-3-12(4-8-14)11-13-5-9-15(17-2)10-6-13/h12-17H,3-11H2,1-2H3/p+1. The van der Waals surface area contributed by atoms with Crippen molar-refractivity contribution >= 4 is 0 Å². The summed E-state index contributed by atoms with van der Waals surface area (Å²) in [7, 11) is 4.36. The van der Waals surface area contributed by atoms with Gasteiger partial charge in [0, 0.05) is 6.04 Å². The Kier molecular flexibility index (Phi) is 5.30. The Morgan fingerprint density at radius 3 is 1.88 bits per heavy atom. The molecule has 0 aliphatic heterocycles. The molecular weight excluding hydrogens is 208 g/mol. The van der Waals surface area contributed by atoms with E-state index in [0.717, 1.165) is 23.9 Å². The topological polar surface area (TPSA) is 28.6 Å². The Labute approximate surface area is 107 Å². The average Bonchev–Trinajstić information content (AvgIpc) is 2.40. The van der Waals surface area contributed by atoms with E-state index < -0.39 is 0 Å². The molecule has 2 rings (SSSR count). The molecule has 2 heteroatoms. The highest BCUT2D eigenvalue weighted by molar-refractivity contribution is 4.80. The summed E-state index contributed by atoms with van der Waals surface area (Å²) in [6.07, 6.45) is 13.3. The van der Waals surface area contributed by atoms with Gasteiger partial charge in [-0.05, 0) is 76.7 Å². The quantitative estimate of drug-likeness (QED) is 0.771. The minimum absolute atomic E-state index is 0.816. The fourth-order valence-corrected chi connectivity index (χ4v) is 3.92. The molecular formula is C15H31N2+. The van der Waals surface area contributed by atoms with Crippen LogP contribution in [0.1, 0.15) is 57.8 Å². The van der Waals surface area contributed by atoms with E-state index in [1.165, 1.54) is 57.8 Å². The van der Waals surface area contributed by atoms with E-state index in [1.54, 1.807) is 0 Å². The maximum atomic E-state index is 3.44. The zero-order valence-electron chi connectivity index (χ0n) is 11.8. The Balaban J connectivity index is 1.65. The summed E-state index contributed by atoms with van der Waals surface area (Å²) in [5.74, 6) is 2.11. The highest BCUT2D eigenvalue weighted by atomic mass is 14.9. The first kappa shape index (κ1) is 13.4. The van der Waals surface area contributed by atoms with Crippen LogP contribution in [0.15, 0.2) is 0 Å². The molecule has 3 N–H and O–H groups in total. The number of hydrogen-bond acceptors (Lipinski definition) is 1. The molecule has 2 nitrogen and oxygen atoms in total. The zero-order valence-corrected chi connectivity index (χ0v) is 11.8. The van der Waals surface area contributed by atoms with Gasteiger partial charge in [-0.25, -0.2) is 0 Å². The molecule has 0 spiro atoms. The molecule has 0 aromatic heterocycles. The van der Waals surface area contributed by atoms with Gasteiger partial charge < -0.3 is 10.6 Å². The fraction of sp³-hybridized carbons (Fsp3) is 1.00. The van der Waals surface area contributed by atoms with E-state index in [2.05, 4.69) is 24.7 Å². The lowest BCUT2D eigenvalue weighted by Gasteiger charge is -2.33. The molecule has 0 aromatic rings. The third kappa shape index (κ3) is 3.96. The predicted octanol–water partition coefficient (Wildman–Crippen LogP) is 1.91. The molecule has 100 valence electrons. The van der Waals surface area contributed by atoms with Crippen LogP contribution in [-0.2, 0) is 0 Å². The van der Waals surface area contributed by atoms with Crippen molar-refractivity contribution in [2.75, 3.05) is 14.1 Å². The van der Waals surface area contributed by atoms with Crippen LogP contribution in [0.25, 0.3) is 0 Å². The minimum Gasteiger partial charge on any atom is -0.346 e. The normalized spacial score (nSPS) is 39.2. The first-order valence-corrected chi connectivity index (χ1v) is 7.78. The van der Waals surface area contributed by atoms with Crippen LogP contribution in [0.4, 0.5) is 0 Å². The Hall–Kier alpha value is -0.0800. The van der Waals surface area contributed by atoms with Crippen molar-refractivity contribution in [2.45, 2.75) is 69.9 Å². The Morgan fingerprint density at radius 1 is 0.882 bits per heavy atom. The van der Waals surface area contributed by atoms with Crippen LogP contribution in [0.5, 0.6) is 0 Å². The highest BCUT2D eigenvalue weighted by Crippen LogP contribution is 2.34. The molecule has 2 aliphatic carbocycles. The molecule has 2 fully saturated rings. The van der Waals surface area contributed by atoms with Crippen LogP contribution in [-0.4, -0.2) is 26.2 Å². The number of nitrogens with one attached hydrogen (secondary N) is 1. The van der Waals surface area contributed by atoms with Crippen LogP contribution < -0.4 is 10.6 Å². The van der Waals surface area contributed by atoms with Gasteiger partial charge in [0.05, 0.1) is 13.1 Å². The van der Waals surface area contributed by atoms with E-state index >= 15 is 0 Å². The van der Waals surface area contributed by atoms with E-state index in [4.69, 9.17) is 0 Å². The van der Waals surface area contributed by atoms with Crippen molar-refractivity contribution in [3.05, 3.63) is 0 Å². The van der Waals surface area contributed by atoms with Crippen molar-refractivity contribution in [3.8, 4) is 0 Å². The van der Waals surface area contributed by atoms with Crippen LogP contribution in [0, 0.1) is 11.8 Å². The molecule has 0 amide bonds. The summed E-state index contributed by atoms with van der Waals surface area (Å²) < 4.78 is 0. The number of rotatable bonds is 4. The summed E-state index contributed by atoms with van der Waals surface area (Å²) in [5, 5.41) is 5.86. The van der Waals surface area contributed by atoms with Crippen LogP contribution in [0.2, 0.25) is 0 Å². The molecule has 2 aliphatic rings. The second-order valence-electron chi connectivity index (χ2n) is 6.36. The highest BCUT2D eigenvalue weighted by Gasteiger charge is 2.26. The summed E-state index contributed by atoms with van der Waals surface area (Å²) in [5.41, 5.74) is 0. The smallest absolute Gasteiger partial charge is 0.0857 e. The van der Waals surface area contributed by atoms with Gasteiger partial charge in [0.2, 0.25) is 0 Å². The van der Waals surface area contributed by atoms with Gasteiger partial charge in [0.1, 0.15) is 0 Å². The third-order valence-corrected chi connectivity index (χ3v) is 5.28. The number of nitrogens with two attached hydrogens (primary N) is 1. The predicted molar refractivity (Wildman–Crippen MR) is 73.0 cm³/mol. The van der Waals surface area contributed by atoms with Crippen LogP contribution in [0.3, 0.4) is 0 Å². The minimum atomic E-state index is 0.816. The van der Waals surface area contributed by atoms with Gasteiger partial charge in [-0.2, -0.15) is 0 Å². The Bertz CT molecular complexity index is 179. The lowest BCUT2D eigenvalue weighted by molar-refractivity contribution is -0.666. The van der Waals surface area contributed by atoms with E-state index in [-0.39, 0.29) is 0 Å². The summed E-state index contributed by atoms with van der Waals surface area (Å²) in [4.78, 5) is 0. The molecule has 17 heavy (non-hydrogen) atoms. The zero-order chi connectivity index (χ0) is 12.1. The monoisotopic (exact) mass is 239 g/mol. The van der Waals surface area contributed by atoms with E-state index in [1.807, 2.05) is 0 Å². The lowest BCUT2D eigenvalue weighted by atomic mass is 9.76. The first-order valence-electron chi connectivity index (χ1n) is 7.78. The largest absolute Gasteiger partial charge is 0.346 e. The molecule has 0 unspecified atom stereocenters. The van der Waals surface area contributed by atoms with Crippen molar-refractivity contribution in [1.29, 1.82) is 0 Å². The number of hydrogen-bond donors (Lipinski definition) is 2. The van der Waals surface area contributed by atoms with Crippen molar-refractivity contribution < 1.29 is 5.32 Å². The molecule has 0 saturated heterocycles. The lowest BCUT2D eigenvalue weighted by Crippen LogP contribution is -2.86. The molecule has 0 atom stereocenters. The van der Waals surface area contributed by atoms with Gasteiger partial charge in [0.25, 0.3) is 0 Å². The Morgan fingerprint density at radius 2 is 1.41 bits per heavy atom. The molecule has 0 aromatic carbocycles. The molecule has 2 saturated carbocycles. The molecule has 0 heterocycles. The maximum Gasteiger partial charge on any atom is 0.0857 e.